The number of benzene rings is 1. The molecule has 0 fully saturated rings. The van der Waals surface area contributed by atoms with Gasteiger partial charge in [-0.15, -0.1) is 0 Å². The maximum atomic E-state index is 11.3. The van der Waals surface area contributed by atoms with Gasteiger partial charge in [-0.25, -0.2) is 9.59 Å². The Bertz CT molecular complexity index is 679. The molecule has 1 amide bonds. The Morgan fingerprint density at radius 1 is 1.29 bits per heavy atom. The minimum atomic E-state index is -1.32. The summed E-state index contributed by atoms with van der Waals surface area (Å²) in [5.41, 5.74) is 0.0610. The number of allylic oxidation sites excluding steroid dienone is 1. The minimum Gasteiger partial charge on any atom is -0.478 e. The van der Waals surface area contributed by atoms with Gasteiger partial charge >= 0.3 is 12.1 Å². The molecule has 0 aromatic heterocycles. The van der Waals surface area contributed by atoms with Crippen molar-refractivity contribution in [3.05, 3.63) is 64.0 Å². The van der Waals surface area contributed by atoms with E-state index in [0.29, 0.717) is 5.56 Å². The van der Waals surface area contributed by atoms with Crippen LogP contribution >= 0.6 is 0 Å². The van der Waals surface area contributed by atoms with Gasteiger partial charge in [-0.3, -0.25) is 15.0 Å². The van der Waals surface area contributed by atoms with Crippen molar-refractivity contribution in [3.63, 3.8) is 0 Å². The molecule has 1 aliphatic heterocycles. The fourth-order valence-corrected chi connectivity index (χ4v) is 1.99. The third-order valence-electron chi connectivity index (χ3n) is 2.96. The molecule has 2 rings (SSSR count). The molecule has 1 aliphatic rings. The smallest absolute Gasteiger partial charge is 0.415 e. The topological polar surface area (TPSA) is 121 Å². The number of amides is 1. The molecule has 1 heterocycles. The maximum absolute atomic E-state index is 11.3. The Hall–Kier alpha value is -3.16. The van der Waals surface area contributed by atoms with E-state index in [0.717, 1.165) is 11.1 Å². The predicted molar refractivity (Wildman–Crippen MR) is 70.6 cm³/mol. The van der Waals surface area contributed by atoms with Gasteiger partial charge in [0.15, 0.2) is 0 Å². The summed E-state index contributed by atoms with van der Waals surface area (Å²) in [6.45, 7) is 0. The molecule has 0 bridgehead atoms. The number of carboxylic acids is 1. The minimum absolute atomic E-state index is 0.161. The van der Waals surface area contributed by atoms with Crippen LogP contribution in [0, 0.1) is 10.1 Å². The molecule has 0 radical (unpaired) electrons. The Balaban J connectivity index is 2.43. The Morgan fingerprint density at radius 3 is 2.57 bits per heavy atom. The summed E-state index contributed by atoms with van der Waals surface area (Å²) in [4.78, 5) is 33.0. The van der Waals surface area contributed by atoms with Gasteiger partial charge in [0.1, 0.15) is 0 Å². The van der Waals surface area contributed by atoms with Crippen molar-refractivity contribution in [2.24, 2.45) is 0 Å². The molecular weight excluding hydrogens is 280 g/mol. The number of hydrogen-bond donors (Lipinski definition) is 2. The summed E-state index contributed by atoms with van der Waals surface area (Å²) in [6.07, 6.45) is 2.24. The molecule has 0 saturated carbocycles. The summed E-state index contributed by atoms with van der Waals surface area (Å²) in [5, 5.41) is 28.8. The highest BCUT2D eigenvalue weighted by atomic mass is 16.6. The number of aliphatic carboxylic acids is 1. The molecule has 1 aromatic carbocycles. The van der Waals surface area contributed by atoms with E-state index < -0.39 is 22.9 Å². The van der Waals surface area contributed by atoms with Crippen molar-refractivity contribution < 1.29 is 24.7 Å². The van der Waals surface area contributed by atoms with E-state index in [1.165, 1.54) is 30.5 Å². The SMILES string of the molecule is O=C(O)C1=CN(C(=O)O)C=CC1c1cccc([N+](=O)[O-])c1. The molecule has 1 unspecified atom stereocenters. The number of non-ortho nitro benzene ring substituents is 1. The second-order valence-corrected chi connectivity index (χ2v) is 4.25. The fraction of sp³-hybridized carbons (Fsp3) is 0.0769. The second kappa shape index (κ2) is 5.45. The first-order chi connectivity index (χ1) is 9.90. The standard InChI is InChI=1S/C13H10N2O6/c16-12(17)11-7-14(13(18)19)5-4-10(11)8-2-1-3-9(6-8)15(20)21/h1-7,10H,(H,16,17)(H,18,19). The highest BCUT2D eigenvalue weighted by molar-refractivity contribution is 5.90. The summed E-state index contributed by atoms with van der Waals surface area (Å²) in [6, 6.07) is 5.56. The lowest BCUT2D eigenvalue weighted by Crippen LogP contribution is -2.24. The van der Waals surface area contributed by atoms with Crippen LogP contribution in [0.3, 0.4) is 0 Å². The third-order valence-corrected chi connectivity index (χ3v) is 2.96. The lowest BCUT2D eigenvalue weighted by atomic mass is 9.89. The van der Waals surface area contributed by atoms with Crippen LogP contribution in [0.1, 0.15) is 11.5 Å². The van der Waals surface area contributed by atoms with Crippen molar-refractivity contribution in [2.75, 3.05) is 0 Å². The van der Waals surface area contributed by atoms with Crippen LogP contribution in [-0.4, -0.2) is 32.1 Å². The average molecular weight is 290 g/mol. The van der Waals surface area contributed by atoms with Gasteiger partial charge in [-0.1, -0.05) is 18.2 Å². The van der Waals surface area contributed by atoms with Gasteiger partial charge in [0.25, 0.3) is 5.69 Å². The zero-order valence-corrected chi connectivity index (χ0v) is 10.5. The first-order valence-electron chi connectivity index (χ1n) is 5.79. The van der Waals surface area contributed by atoms with Crippen molar-refractivity contribution in [1.29, 1.82) is 0 Å². The molecule has 0 aliphatic carbocycles. The van der Waals surface area contributed by atoms with Crippen LogP contribution in [0.25, 0.3) is 0 Å². The molecular formula is C13H10N2O6. The number of carboxylic acid groups (broad SMARTS) is 2. The number of nitro benzene ring substituents is 1. The normalized spacial score (nSPS) is 17.2. The number of nitrogens with zero attached hydrogens (tertiary/aromatic N) is 2. The first kappa shape index (κ1) is 14.3. The van der Waals surface area contributed by atoms with E-state index in [2.05, 4.69) is 0 Å². The van der Waals surface area contributed by atoms with Crippen LogP contribution in [0.15, 0.2) is 48.3 Å². The van der Waals surface area contributed by atoms with E-state index in [9.17, 15) is 24.8 Å². The summed E-state index contributed by atoms with van der Waals surface area (Å²) < 4.78 is 0. The van der Waals surface area contributed by atoms with E-state index in [-0.39, 0.29) is 11.3 Å². The summed E-state index contributed by atoms with van der Waals surface area (Å²) >= 11 is 0. The quantitative estimate of drug-likeness (QED) is 0.649. The van der Waals surface area contributed by atoms with Crippen LogP contribution < -0.4 is 0 Å². The fourth-order valence-electron chi connectivity index (χ4n) is 1.99. The van der Waals surface area contributed by atoms with Crippen LogP contribution in [-0.2, 0) is 4.79 Å². The summed E-state index contributed by atoms with van der Waals surface area (Å²) in [5.74, 6) is -2.04. The van der Waals surface area contributed by atoms with Crippen molar-refractivity contribution in [2.45, 2.75) is 5.92 Å². The Kier molecular flexibility index (Phi) is 3.70. The molecule has 2 N–H and O–H groups in total. The van der Waals surface area contributed by atoms with Gasteiger partial charge in [0, 0.05) is 30.5 Å². The van der Waals surface area contributed by atoms with Crippen LogP contribution in [0.2, 0.25) is 0 Å². The van der Waals surface area contributed by atoms with Gasteiger partial charge < -0.3 is 10.2 Å². The molecule has 8 heteroatoms. The van der Waals surface area contributed by atoms with Gasteiger partial charge in [0.05, 0.1) is 10.5 Å². The third kappa shape index (κ3) is 2.89. The van der Waals surface area contributed by atoms with Crippen molar-refractivity contribution in [1.82, 2.24) is 4.90 Å². The highest BCUT2D eigenvalue weighted by Gasteiger charge is 2.26. The molecule has 0 spiro atoms. The number of nitro groups is 1. The average Bonchev–Trinajstić information content (AvgIpc) is 2.46. The zero-order valence-electron chi connectivity index (χ0n) is 10.5. The lowest BCUT2D eigenvalue weighted by Gasteiger charge is -2.22. The van der Waals surface area contributed by atoms with E-state index in [4.69, 9.17) is 5.11 Å². The number of rotatable bonds is 3. The van der Waals surface area contributed by atoms with Crippen molar-refractivity contribution in [3.8, 4) is 0 Å². The second-order valence-electron chi connectivity index (χ2n) is 4.25. The molecule has 8 nitrogen and oxygen atoms in total. The molecule has 1 aromatic rings. The number of carbonyl (C=O) groups is 2. The monoisotopic (exact) mass is 290 g/mol. The molecule has 1 atom stereocenters. The lowest BCUT2D eigenvalue weighted by molar-refractivity contribution is -0.384. The largest absolute Gasteiger partial charge is 0.478 e. The van der Waals surface area contributed by atoms with E-state index in [1.54, 1.807) is 6.07 Å². The Morgan fingerprint density at radius 2 is 2.00 bits per heavy atom. The molecule has 0 saturated heterocycles. The van der Waals surface area contributed by atoms with Gasteiger partial charge in [-0.2, -0.15) is 0 Å². The highest BCUT2D eigenvalue weighted by Crippen LogP contribution is 2.31. The van der Waals surface area contributed by atoms with E-state index >= 15 is 0 Å². The van der Waals surface area contributed by atoms with Crippen LogP contribution in [0.4, 0.5) is 10.5 Å². The van der Waals surface area contributed by atoms with Gasteiger partial charge in [-0.05, 0) is 5.56 Å². The summed E-state index contributed by atoms with van der Waals surface area (Å²) in [7, 11) is 0. The molecule has 21 heavy (non-hydrogen) atoms. The van der Waals surface area contributed by atoms with E-state index in [1.807, 2.05) is 0 Å². The van der Waals surface area contributed by atoms with Gasteiger partial charge in [0.2, 0.25) is 0 Å². The van der Waals surface area contributed by atoms with Crippen molar-refractivity contribution >= 4 is 17.7 Å². The molecule has 108 valence electrons. The maximum Gasteiger partial charge on any atom is 0.415 e. The predicted octanol–water partition coefficient (Wildman–Crippen LogP) is 2.15. The number of hydrogen-bond acceptors (Lipinski definition) is 4. The van der Waals surface area contributed by atoms with Crippen LogP contribution in [0.5, 0.6) is 0 Å². The Labute approximate surface area is 118 Å². The zero-order chi connectivity index (χ0) is 15.6. The first-order valence-corrected chi connectivity index (χ1v) is 5.79.